The lowest BCUT2D eigenvalue weighted by molar-refractivity contribution is -0.142. The SMILES string of the molecule is CC(OCCOCCOCCOCCOCC(=O)O)OS(=O)(=O)c1ccccc1. The van der Waals surface area contributed by atoms with Crippen molar-refractivity contribution in [2.45, 2.75) is 18.1 Å². The van der Waals surface area contributed by atoms with Gasteiger partial charge in [-0.15, -0.1) is 0 Å². The number of aliphatic carboxylic acids is 1. The van der Waals surface area contributed by atoms with Crippen molar-refractivity contribution in [1.29, 1.82) is 0 Å². The Bertz CT molecular complexity index is 650. The van der Waals surface area contributed by atoms with E-state index in [0.717, 1.165) is 0 Å². The molecule has 1 rings (SSSR count). The summed E-state index contributed by atoms with van der Waals surface area (Å²) in [5, 5.41) is 8.37. The molecule has 0 radical (unpaired) electrons. The van der Waals surface area contributed by atoms with Crippen LogP contribution in [0.15, 0.2) is 35.2 Å². The van der Waals surface area contributed by atoms with E-state index in [9.17, 15) is 13.2 Å². The molecule has 0 saturated carbocycles. The second-order valence-electron chi connectivity index (χ2n) is 5.59. The van der Waals surface area contributed by atoms with E-state index in [1.165, 1.54) is 19.1 Å². The van der Waals surface area contributed by atoms with E-state index in [2.05, 4.69) is 0 Å². The minimum absolute atomic E-state index is 0.0700. The first kappa shape index (κ1) is 25.4. The van der Waals surface area contributed by atoms with Gasteiger partial charge in [0.2, 0.25) is 0 Å². The van der Waals surface area contributed by atoms with Crippen LogP contribution < -0.4 is 0 Å². The summed E-state index contributed by atoms with van der Waals surface area (Å²) in [6, 6.07) is 7.83. The minimum Gasteiger partial charge on any atom is -0.480 e. The molecule has 0 fully saturated rings. The zero-order valence-electron chi connectivity index (χ0n) is 16.4. The molecular weight excluding hydrogens is 408 g/mol. The minimum atomic E-state index is -3.86. The molecule has 0 amide bonds. The molecule has 1 N–H and O–H groups in total. The van der Waals surface area contributed by atoms with Crippen molar-refractivity contribution in [2.24, 2.45) is 0 Å². The van der Waals surface area contributed by atoms with Crippen LogP contribution in [0.25, 0.3) is 0 Å². The van der Waals surface area contributed by atoms with Gasteiger partial charge in [0.1, 0.15) is 6.61 Å². The molecule has 1 unspecified atom stereocenters. The van der Waals surface area contributed by atoms with Crippen molar-refractivity contribution in [3.8, 4) is 0 Å². The summed E-state index contributed by atoms with van der Waals surface area (Å²) in [6.45, 7) is 3.56. The summed E-state index contributed by atoms with van der Waals surface area (Å²) in [7, 11) is -3.86. The number of ether oxygens (including phenoxy) is 5. The van der Waals surface area contributed by atoms with Crippen LogP contribution in [0.2, 0.25) is 0 Å². The fourth-order valence-electron chi connectivity index (χ4n) is 1.94. The molecule has 29 heavy (non-hydrogen) atoms. The maximum Gasteiger partial charge on any atom is 0.329 e. The van der Waals surface area contributed by atoms with Gasteiger partial charge < -0.3 is 28.8 Å². The van der Waals surface area contributed by atoms with Crippen LogP contribution in [0.5, 0.6) is 0 Å². The highest BCUT2D eigenvalue weighted by atomic mass is 32.2. The molecule has 11 heteroatoms. The Morgan fingerprint density at radius 3 is 1.86 bits per heavy atom. The summed E-state index contributed by atoms with van der Waals surface area (Å²) < 4.78 is 54.9. The van der Waals surface area contributed by atoms with E-state index in [1.807, 2.05) is 0 Å². The fraction of sp³-hybridized carbons (Fsp3) is 0.611. The average molecular weight is 436 g/mol. The van der Waals surface area contributed by atoms with Gasteiger partial charge in [-0.2, -0.15) is 8.42 Å². The highest BCUT2D eigenvalue weighted by Crippen LogP contribution is 2.13. The smallest absolute Gasteiger partial charge is 0.329 e. The summed E-state index contributed by atoms with van der Waals surface area (Å²) in [5.41, 5.74) is 0. The van der Waals surface area contributed by atoms with Crippen LogP contribution in [0.4, 0.5) is 0 Å². The van der Waals surface area contributed by atoms with Gasteiger partial charge in [-0.25, -0.2) is 8.98 Å². The quantitative estimate of drug-likeness (QED) is 0.201. The van der Waals surface area contributed by atoms with E-state index >= 15 is 0 Å². The van der Waals surface area contributed by atoms with E-state index < -0.39 is 22.4 Å². The molecule has 0 aromatic heterocycles. The standard InChI is InChI=1S/C18H28O10S/c1-16(28-29(21,22)17-5-3-2-4-6-17)27-14-13-25-10-9-23-7-8-24-11-12-26-15-18(19)20/h2-6,16H,7-15H2,1H3,(H,19,20). The first-order valence-electron chi connectivity index (χ1n) is 9.04. The number of hydrogen-bond donors (Lipinski definition) is 1. The van der Waals surface area contributed by atoms with Gasteiger partial charge >= 0.3 is 5.97 Å². The highest BCUT2D eigenvalue weighted by molar-refractivity contribution is 7.86. The molecule has 1 aromatic rings. The van der Waals surface area contributed by atoms with Crippen molar-refractivity contribution in [3.05, 3.63) is 30.3 Å². The molecule has 10 nitrogen and oxygen atoms in total. The van der Waals surface area contributed by atoms with Gasteiger partial charge in [0.25, 0.3) is 10.1 Å². The highest BCUT2D eigenvalue weighted by Gasteiger charge is 2.18. The largest absolute Gasteiger partial charge is 0.480 e. The van der Waals surface area contributed by atoms with Gasteiger partial charge in [0.15, 0.2) is 6.29 Å². The number of carboxylic acids is 1. The third kappa shape index (κ3) is 13.3. The van der Waals surface area contributed by atoms with Crippen molar-refractivity contribution < 1.29 is 46.2 Å². The fourth-order valence-corrected chi connectivity index (χ4v) is 2.96. The molecule has 0 spiro atoms. The Labute approximate surface area is 170 Å². The third-order valence-corrected chi connectivity index (χ3v) is 4.59. The van der Waals surface area contributed by atoms with Gasteiger partial charge in [0.05, 0.1) is 57.8 Å². The Balaban J connectivity index is 1.92. The first-order chi connectivity index (χ1) is 13.9. The van der Waals surface area contributed by atoms with E-state index in [1.54, 1.807) is 18.2 Å². The lowest BCUT2D eigenvalue weighted by atomic mass is 10.4. The molecule has 0 aliphatic heterocycles. The normalized spacial score (nSPS) is 12.7. The second-order valence-corrected chi connectivity index (χ2v) is 7.16. The zero-order chi connectivity index (χ0) is 21.4. The van der Waals surface area contributed by atoms with Crippen LogP contribution >= 0.6 is 0 Å². The monoisotopic (exact) mass is 436 g/mol. The lowest BCUT2D eigenvalue weighted by Crippen LogP contribution is -2.21. The second kappa shape index (κ2) is 15.3. The molecule has 0 aliphatic rings. The topological polar surface area (TPSA) is 127 Å². The molecule has 0 heterocycles. The van der Waals surface area contributed by atoms with Crippen molar-refractivity contribution in [1.82, 2.24) is 0 Å². The van der Waals surface area contributed by atoms with Gasteiger partial charge in [-0.1, -0.05) is 18.2 Å². The first-order valence-corrected chi connectivity index (χ1v) is 10.5. The summed E-state index contributed by atoms with van der Waals surface area (Å²) >= 11 is 0. The molecule has 166 valence electrons. The summed E-state index contributed by atoms with van der Waals surface area (Å²) in [5.74, 6) is -1.02. The predicted molar refractivity (Wildman–Crippen MR) is 101 cm³/mol. The van der Waals surface area contributed by atoms with E-state index in [0.29, 0.717) is 33.0 Å². The van der Waals surface area contributed by atoms with E-state index in [4.69, 9.17) is 33.0 Å². The zero-order valence-corrected chi connectivity index (χ0v) is 17.2. The Morgan fingerprint density at radius 2 is 1.34 bits per heavy atom. The van der Waals surface area contributed by atoms with Crippen LogP contribution in [0.1, 0.15) is 6.92 Å². The number of hydrogen-bond acceptors (Lipinski definition) is 9. The molecule has 1 atom stereocenters. The Kier molecular flexibility index (Phi) is 13.4. The van der Waals surface area contributed by atoms with Crippen molar-refractivity contribution in [3.63, 3.8) is 0 Å². The number of rotatable bonds is 18. The van der Waals surface area contributed by atoms with Crippen molar-refractivity contribution in [2.75, 3.05) is 59.5 Å². The van der Waals surface area contributed by atoms with Crippen LogP contribution in [0, 0.1) is 0 Å². The van der Waals surface area contributed by atoms with Crippen LogP contribution in [0.3, 0.4) is 0 Å². The summed E-state index contributed by atoms with van der Waals surface area (Å²) in [4.78, 5) is 10.3. The molecule has 0 aliphatic carbocycles. The van der Waals surface area contributed by atoms with Crippen LogP contribution in [-0.2, 0) is 42.8 Å². The van der Waals surface area contributed by atoms with Crippen molar-refractivity contribution >= 4 is 16.1 Å². The maximum atomic E-state index is 12.0. The third-order valence-electron chi connectivity index (χ3n) is 3.22. The molecule has 1 aromatic carbocycles. The van der Waals surface area contributed by atoms with E-state index in [-0.39, 0.29) is 31.3 Å². The number of benzene rings is 1. The van der Waals surface area contributed by atoms with Crippen LogP contribution in [-0.4, -0.2) is 85.2 Å². The number of carboxylic acid groups (broad SMARTS) is 1. The summed E-state index contributed by atoms with van der Waals surface area (Å²) in [6.07, 6.45) is -0.934. The Hall–Kier alpha value is -1.60. The van der Waals surface area contributed by atoms with Gasteiger partial charge in [-0.05, 0) is 19.1 Å². The molecule has 0 bridgehead atoms. The molecular formula is C18H28O10S. The molecule has 0 saturated heterocycles. The Morgan fingerprint density at radius 1 is 0.862 bits per heavy atom. The lowest BCUT2D eigenvalue weighted by Gasteiger charge is -2.14. The average Bonchev–Trinajstić information content (AvgIpc) is 2.68. The van der Waals surface area contributed by atoms with Gasteiger partial charge in [0, 0.05) is 0 Å². The van der Waals surface area contributed by atoms with Gasteiger partial charge in [-0.3, -0.25) is 0 Å². The number of carbonyl (C=O) groups is 1. The maximum absolute atomic E-state index is 12.0. The predicted octanol–water partition coefficient (Wildman–Crippen LogP) is 0.906.